The lowest BCUT2D eigenvalue weighted by atomic mass is 10.0. The van der Waals surface area contributed by atoms with E-state index < -0.39 is 11.5 Å². The molecule has 16 heavy (non-hydrogen) atoms. The fourth-order valence-corrected chi connectivity index (χ4v) is 2.10. The van der Waals surface area contributed by atoms with E-state index in [2.05, 4.69) is 5.32 Å². The molecular formula is C11H17NO3S. The first-order chi connectivity index (χ1) is 7.58. The third-order valence-corrected chi connectivity index (χ3v) is 3.31. The van der Waals surface area contributed by atoms with Gasteiger partial charge < -0.3 is 9.84 Å². The molecular weight excluding hydrogens is 226 g/mol. The SMILES string of the molecule is COCC(C)(NCCc1cccs1)C(=O)O. The molecule has 1 unspecified atom stereocenters. The first-order valence-corrected chi connectivity index (χ1v) is 5.96. The van der Waals surface area contributed by atoms with E-state index in [1.807, 2.05) is 17.5 Å². The van der Waals surface area contributed by atoms with Crippen molar-refractivity contribution in [1.82, 2.24) is 5.32 Å². The fourth-order valence-electron chi connectivity index (χ4n) is 1.39. The van der Waals surface area contributed by atoms with Crippen LogP contribution in [0.15, 0.2) is 17.5 Å². The van der Waals surface area contributed by atoms with Crippen LogP contribution in [-0.2, 0) is 16.0 Å². The van der Waals surface area contributed by atoms with Crippen LogP contribution in [0.25, 0.3) is 0 Å². The molecule has 0 aliphatic heterocycles. The summed E-state index contributed by atoms with van der Waals surface area (Å²) in [5, 5.41) is 14.1. The second-order valence-corrected chi connectivity index (χ2v) is 4.86. The van der Waals surface area contributed by atoms with Gasteiger partial charge in [-0.15, -0.1) is 11.3 Å². The highest BCUT2D eigenvalue weighted by molar-refractivity contribution is 7.09. The molecule has 5 heteroatoms. The lowest BCUT2D eigenvalue weighted by molar-refractivity contribution is -0.146. The van der Waals surface area contributed by atoms with Gasteiger partial charge in [0.2, 0.25) is 0 Å². The van der Waals surface area contributed by atoms with Crippen LogP contribution in [0, 0.1) is 0 Å². The maximum absolute atomic E-state index is 11.1. The Hall–Kier alpha value is -0.910. The number of aliphatic carboxylic acids is 1. The van der Waals surface area contributed by atoms with E-state index in [-0.39, 0.29) is 6.61 Å². The quantitative estimate of drug-likeness (QED) is 0.759. The van der Waals surface area contributed by atoms with Gasteiger partial charge in [-0.3, -0.25) is 10.1 Å². The monoisotopic (exact) mass is 243 g/mol. The molecule has 0 aliphatic carbocycles. The molecule has 1 heterocycles. The third kappa shape index (κ3) is 3.59. The topological polar surface area (TPSA) is 58.6 Å². The largest absolute Gasteiger partial charge is 0.480 e. The summed E-state index contributed by atoms with van der Waals surface area (Å²) in [5.74, 6) is -0.888. The van der Waals surface area contributed by atoms with Crippen molar-refractivity contribution in [1.29, 1.82) is 0 Å². The van der Waals surface area contributed by atoms with Gasteiger partial charge in [-0.25, -0.2) is 0 Å². The predicted octanol–water partition coefficient (Wildman–Crippen LogP) is 1.37. The average Bonchev–Trinajstić information content (AvgIpc) is 2.70. The van der Waals surface area contributed by atoms with Crippen LogP contribution in [0.4, 0.5) is 0 Å². The van der Waals surface area contributed by atoms with Crippen LogP contribution < -0.4 is 5.32 Å². The molecule has 1 aromatic rings. The minimum absolute atomic E-state index is 0.159. The lowest BCUT2D eigenvalue weighted by Crippen LogP contribution is -2.53. The molecule has 1 atom stereocenters. The van der Waals surface area contributed by atoms with Gasteiger partial charge in [-0.2, -0.15) is 0 Å². The summed E-state index contributed by atoms with van der Waals surface area (Å²) in [5.41, 5.74) is -1.01. The first-order valence-electron chi connectivity index (χ1n) is 5.08. The van der Waals surface area contributed by atoms with Crippen LogP contribution in [0.2, 0.25) is 0 Å². The summed E-state index contributed by atoms with van der Waals surface area (Å²) in [6, 6.07) is 4.03. The molecule has 0 saturated carbocycles. The Morgan fingerprint density at radius 1 is 1.69 bits per heavy atom. The molecule has 1 aromatic heterocycles. The van der Waals surface area contributed by atoms with Crippen LogP contribution >= 0.6 is 11.3 Å². The van der Waals surface area contributed by atoms with Gasteiger partial charge in [0.15, 0.2) is 0 Å². The number of thiophene rings is 1. The Morgan fingerprint density at radius 3 is 2.94 bits per heavy atom. The zero-order chi connectivity index (χ0) is 12.0. The van der Waals surface area contributed by atoms with Crippen molar-refractivity contribution >= 4 is 17.3 Å². The number of carboxylic acid groups (broad SMARTS) is 1. The Morgan fingerprint density at radius 2 is 2.44 bits per heavy atom. The molecule has 0 bridgehead atoms. The van der Waals surface area contributed by atoms with E-state index in [0.29, 0.717) is 6.54 Å². The summed E-state index contributed by atoms with van der Waals surface area (Å²) < 4.78 is 4.92. The number of hydrogen-bond acceptors (Lipinski definition) is 4. The number of nitrogens with one attached hydrogen (secondary N) is 1. The van der Waals surface area contributed by atoms with Gasteiger partial charge in [-0.05, 0) is 24.8 Å². The maximum Gasteiger partial charge on any atom is 0.326 e. The van der Waals surface area contributed by atoms with Crippen molar-refractivity contribution in [2.75, 3.05) is 20.3 Å². The number of hydrogen-bond donors (Lipinski definition) is 2. The van der Waals surface area contributed by atoms with E-state index in [4.69, 9.17) is 9.84 Å². The van der Waals surface area contributed by atoms with Crippen LogP contribution in [0.3, 0.4) is 0 Å². The third-order valence-electron chi connectivity index (χ3n) is 2.37. The predicted molar refractivity (Wildman–Crippen MR) is 63.9 cm³/mol. The molecule has 0 saturated heterocycles. The Kier molecular flexibility index (Phi) is 4.92. The first kappa shape index (κ1) is 13.2. The van der Waals surface area contributed by atoms with Gasteiger partial charge in [-0.1, -0.05) is 6.07 Å². The number of methoxy groups -OCH3 is 1. The molecule has 0 radical (unpaired) electrons. The smallest absolute Gasteiger partial charge is 0.326 e. The number of rotatable bonds is 7. The van der Waals surface area contributed by atoms with Crippen molar-refractivity contribution in [3.63, 3.8) is 0 Å². The van der Waals surface area contributed by atoms with Gasteiger partial charge in [0.25, 0.3) is 0 Å². The highest BCUT2D eigenvalue weighted by Gasteiger charge is 2.32. The van der Waals surface area contributed by atoms with Crippen molar-refractivity contribution in [3.05, 3.63) is 22.4 Å². The van der Waals surface area contributed by atoms with E-state index in [0.717, 1.165) is 6.42 Å². The van der Waals surface area contributed by atoms with E-state index in [1.165, 1.54) is 12.0 Å². The molecule has 0 amide bonds. The lowest BCUT2D eigenvalue weighted by Gasteiger charge is -2.25. The van der Waals surface area contributed by atoms with E-state index in [1.54, 1.807) is 18.3 Å². The summed E-state index contributed by atoms with van der Waals surface area (Å²) in [6.07, 6.45) is 0.838. The highest BCUT2D eigenvalue weighted by Crippen LogP contribution is 2.10. The van der Waals surface area contributed by atoms with Gasteiger partial charge >= 0.3 is 5.97 Å². The highest BCUT2D eigenvalue weighted by atomic mass is 32.1. The van der Waals surface area contributed by atoms with Crippen LogP contribution in [0.5, 0.6) is 0 Å². The van der Waals surface area contributed by atoms with Crippen molar-refractivity contribution in [3.8, 4) is 0 Å². The summed E-state index contributed by atoms with van der Waals surface area (Å²) in [6.45, 7) is 2.42. The zero-order valence-electron chi connectivity index (χ0n) is 9.53. The molecule has 4 nitrogen and oxygen atoms in total. The Labute approximate surface area is 99.2 Å². The van der Waals surface area contributed by atoms with Gasteiger partial charge in [0.05, 0.1) is 6.61 Å². The fraction of sp³-hybridized carbons (Fsp3) is 0.545. The number of ether oxygens (including phenoxy) is 1. The Balaban J connectivity index is 2.41. The van der Waals surface area contributed by atoms with Crippen molar-refractivity contribution in [2.45, 2.75) is 18.9 Å². The zero-order valence-corrected chi connectivity index (χ0v) is 10.3. The second-order valence-electron chi connectivity index (χ2n) is 3.83. The summed E-state index contributed by atoms with van der Waals surface area (Å²) >= 11 is 1.68. The molecule has 0 aromatic carbocycles. The van der Waals surface area contributed by atoms with Crippen LogP contribution in [-0.4, -0.2) is 36.9 Å². The normalized spacial score (nSPS) is 14.6. The maximum atomic E-state index is 11.1. The number of carbonyl (C=O) groups is 1. The second kappa shape index (κ2) is 5.98. The standard InChI is InChI=1S/C11H17NO3S/c1-11(8-15-2,10(13)14)12-6-5-9-4-3-7-16-9/h3-4,7,12H,5-6,8H2,1-2H3,(H,13,14). The summed E-state index contributed by atoms with van der Waals surface area (Å²) in [7, 11) is 1.50. The number of carboxylic acids is 1. The summed E-state index contributed by atoms with van der Waals surface area (Å²) in [4.78, 5) is 12.3. The van der Waals surface area contributed by atoms with Crippen molar-refractivity contribution in [2.24, 2.45) is 0 Å². The minimum Gasteiger partial charge on any atom is -0.480 e. The minimum atomic E-state index is -1.01. The Bertz CT molecular complexity index is 326. The molecule has 2 N–H and O–H groups in total. The van der Waals surface area contributed by atoms with Crippen molar-refractivity contribution < 1.29 is 14.6 Å². The molecule has 0 fully saturated rings. The molecule has 90 valence electrons. The molecule has 0 spiro atoms. The van der Waals surface area contributed by atoms with E-state index >= 15 is 0 Å². The van der Waals surface area contributed by atoms with Gasteiger partial charge in [0, 0.05) is 18.5 Å². The average molecular weight is 243 g/mol. The molecule has 0 aliphatic rings. The van der Waals surface area contributed by atoms with E-state index in [9.17, 15) is 4.79 Å². The van der Waals surface area contributed by atoms with Gasteiger partial charge in [0.1, 0.15) is 5.54 Å². The van der Waals surface area contributed by atoms with Crippen LogP contribution in [0.1, 0.15) is 11.8 Å². The molecule has 1 rings (SSSR count).